The number of thiocarbonyl (C=S) groups is 1. The van der Waals surface area contributed by atoms with Crippen LogP contribution >= 0.6 is 12.2 Å². The van der Waals surface area contributed by atoms with Gasteiger partial charge in [0.25, 0.3) is 0 Å². The first-order valence-electron chi connectivity index (χ1n) is 8.99. The fourth-order valence-corrected chi connectivity index (χ4v) is 3.24. The Morgan fingerprint density at radius 3 is 2.45 bits per heavy atom. The van der Waals surface area contributed by atoms with E-state index in [1.54, 1.807) is 10.7 Å². The monoisotopic (exact) mass is 418 g/mol. The van der Waals surface area contributed by atoms with Gasteiger partial charge in [-0.1, -0.05) is 30.3 Å². The van der Waals surface area contributed by atoms with Crippen molar-refractivity contribution in [3.05, 3.63) is 76.6 Å². The van der Waals surface area contributed by atoms with Crippen molar-refractivity contribution in [2.75, 3.05) is 10.6 Å². The summed E-state index contributed by atoms with van der Waals surface area (Å²) >= 11 is 5.41. The largest absolute Gasteiger partial charge is 0.416 e. The molecule has 29 heavy (non-hydrogen) atoms. The number of hydrogen-bond acceptors (Lipinski definition) is 2. The molecule has 0 amide bonds. The van der Waals surface area contributed by atoms with Crippen molar-refractivity contribution in [3.63, 3.8) is 0 Å². The van der Waals surface area contributed by atoms with Crippen LogP contribution in [0.4, 0.5) is 24.5 Å². The highest BCUT2D eigenvalue weighted by Gasteiger charge is 2.30. The van der Waals surface area contributed by atoms with Crippen LogP contribution in [0.5, 0.6) is 0 Å². The van der Waals surface area contributed by atoms with Gasteiger partial charge in [-0.05, 0) is 62.3 Å². The Balaban J connectivity index is 1.77. The number of anilines is 2. The molecule has 2 aromatic carbocycles. The Bertz CT molecular complexity index is 1040. The fourth-order valence-electron chi connectivity index (χ4n) is 3.03. The van der Waals surface area contributed by atoms with Crippen molar-refractivity contribution in [3.8, 4) is 0 Å². The summed E-state index contributed by atoms with van der Waals surface area (Å²) in [5.41, 5.74) is 4.05. The summed E-state index contributed by atoms with van der Waals surface area (Å²) in [6.45, 7) is 5.89. The molecule has 0 atom stereocenters. The maximum absolute atomic E-state index is 13.0. The first kappa shape index (κ1) is 20.9. The lowest BCUT2D eigenvalue weighted by Crippen LogP contribution is -2.20. The third-order valence-corrected chi connectivity index (χ3v) is 4.80. The molecular weight excluding hydrogens is 397 g/mol. The standard InChI is InChI=1S/C21H21F3N4S/c1-13-7-4-5-10-18(13)25-20(29)26-19-14(2)27-28(15(19)3)12-16-8-6-9-17(11-16)21(22,23)24/h4-11H,12H2,1-3H3,(H2,25,26,29). The number of benzene rings is 2. The van der Waals surface area contributed by atoms with Gasteiger partial charge in [-0.3, -0.25) is 4.68 Å². The Labute approximate surface area is 172 Å². The van der Waals surface area contributed by atoms with E-state index in [0.29, 0.717) is 16.4 Å². The van der Waals surface area contributed by atoms with E-state index in [-0.39, 0.29) is 6.54 Å². The van der Waals surface area contributed by atoms with Crippen LogP contribution in [0.1, 0.15) is 28.1 Å². The van der Waals surface area contributed by atoms with Crippen LogP contribution in [0.3, 0.4) is 0 Å². The Hall–Kier alpha value is -2.87. The maximum Gasteiger partial charge on any atom is 0.416 e. The van der Waals surface area contributed by atoms with Crippen LogP contribution in [0.15, 0.2) is 48.5 Å². The average molecular weight is 418 g/mol. The molecule has 0 bridgehead atoms. The third-order valence-electron chi connectivity index (χ3n) is 4.60. The molecule has 2 N–H and O–H groups in total. The zero-order valence-corrected chi connectivity index (χ0v) is 17.1. The molecule has 0 fully saturated rings. The summed E-state index contributed by atoms with van der Waals surface area (Å²) in [6.07, 6.45) is -4.37. The highest BCUT2D eigenvalue weighted by Crippen LogP contribution is 2.30. The van der Waals surface area contributed by atoms with Gasteiger partial charge in [0, 0.05) is 5.69 Å². The van der Waals surface area contributed by atoms with E-state index >= 15 is 0 Å². The number of alkyl halides is 3. The quantitative estimate of drug-likeness (QED) is 0.535. The first-order valence-corrected chi connectivity index (χ1v) is 9.40. The second-order valence-electron chi connectivity index (χ2n) is 6.80. The summed E-state index contributed by atoms with van der Waals surface area (Å²) < 4.78 is 40.5. The van der Waals surface area contributed by atoms with Crippen LogP contribution in [0.25, 0.3) is 0 Å². The molecule has 0 spiro atoms. The van der Waals surface area contributed by atoms with E-state index in [4.69, 9.17) is 12.2 Å². The van der Waals surface area contributed by atoms with Crippen LogP contribution in [0.2, 0.25) is 0 Å². The minimum absolute atomic E-state index is 0.232. The van der Waals surface area contributed by atoms with Gasteiger partial charge >= 0.3 is 6.18 Å². The molecule has 0 aliphatic rings. The Morgan fingerprint density at radius 2 is 1.76 bits per heavy atom. The van der Waals surface area contributed by atoms with Crippen molar-refractivity contribution < 1.29 is 13.2 Å². The van der Waals surface area contributed by atoms with E-state index in [1.165, 1.54) is 6.07 Å². The summed E-state index contributed by atoms with van der Waals surface area (Å²) in [6, 6.07) is 13.0. The first-order chi connectivity index (χ1) is 13.6. The Morgan fingerprint density at radius 1 is 1.03 bits per heavy atom. The molecule has 1 heterocycles. The highest BCUT2D eigenvalue weighted by molar-refractivity contribution is 7.80. The van der Waals surface area contributed by atoms with Gasteiger partial charge in [0.2, 0.25) is 0 Å². The minimum Gasteiger partial charge on any atom is -0.332 e. The molecule has 3 rings (SSSR count). The molecule has 8 heteroatoms. The number of halogens is 3. The van der Waals surface area contributed by atoms with E-state index < -0.39 is 11.7 Å². The normalized spacial score (nSPS) is 11.4. The second-order valence-corrected chi connectivity index (χ2v) is 7.20. The molecule has 1 aromatic heterocycles. The zero-order chi connectivity index (χ0) is 21.2. The van der Waals surface area contributed by atoms with Gasteiger partial charge in [-0.25, -0.2) is 0 Å². The van der Waals surface area contributed by atoms with Gasteiger partial charge in [0.15, 0.2) is 5.11 Å². The number of aryl methyl sites for hydroxylation is 2. The fraction of sp³-hybridized carbons (Fsp3) is 0.238. The lowest BCUT2D eigenvalue weighted by Gasteiger charge is -2.13. The number of hydrogen-bond donors (Lipinski definition) is 2. The van der Waals surface area contributed by atoms with Gasteiger partial charge < -0.3 is 10.6 Å². The second kappa shape index (κ2) is 8.24. The number of nitrogens with one attached hydrogen (secondary N) is 2. The van der Waals surface area contributed by atoms with Crippen LogP contribution < -0.4 is 10.6 Å². The van der Waals surface area contributed by atoms with Gasteiger partial charge in [0.1, 0.15) is 0 Å². The molecule has 0 saturated carbocycles. The summed E-state index contributed by atoms with van der Waals surface area (Å²) in [7, 11) is 0. The van der Waals surface area contributed by atoms with Crippen molar-refractivity contribution in [1.82, 2.24) is 9.78 Å². The van der Waals surface area contributed by atoms with Crippen molar-refractivity contribution in [1.29, 1.82) is 0 Å². The summed E-state index contributed by atoms with van der Waals surface area (Å²) in [4.78, 5) is 0. The lowest BCUT2D eigenvalue weighted by atomic mass is 10.1. The highest BCUT2D eigenvalue weighted by atomic mass is 32.1. The van der Waals surface area contributed by atoms with Gasteiger partial charge in [-0.15, -0.1) is 0 Å². The number of para-hydroxylation sites is 1. The van der Waals surface area contributed by atoms with E-state index in [0.717, 1.165) is 34.8 Å². The summed E-state index contributed by atoms with van der Waals surface area (Å²) in [5.74, 6) is 0. The molecule has 4 nitrogen and oxygen atoms in total. The number of nitrogens with zero attached hydrogens (tertiary/aromatic N) is 2. The Kier molecular flexibility index (Phi) is 5.93. The average Bonchev–Trinajstić information content (AvgIpc) is 2.90. The van der Waals surface area contributed by atoms with Crippen molar-refractivity contribution >= 4 is 28.7 Å². The maximum atomic E-state index is 13.0. The third kappa shape index (κ3) is 4.95. The smallest absolute Gasteiger partial charge is 0.332 e. The van der Waals surface area contributed by atoms with Crippen molar-refractivity contribution in [2.45, 2.75) is 33.5 Å². The minimum atomic E-state index is -4.37. The van der Waals surface area contributed by atoms with E-state index in [2.05, 4.69) is 15.7 Å². The van der Waals surface area contributed by atoms with Crippen LogP contribution in [-0.2, 0) is 12.7 Å². The number of rotatable bonds is 4. The summed E-state index contributed by atoms with van der Waals surface area (Å²) in [5, 5.41) is 11.2. The van der Waals surface area contributed by atoms with Crippen molar-refractivity contribution in [2.24, 2.45) is 0 Å². The molecule has 3 aromatic rings. The molecule has 0 unspecified atom stereocenters. The van der Waals surface area contributed by atoms with E-state index in [9.17, 15) is 13.2 Å². The molecular formula is C21H21F3N4S. The molecule has 0 aliphatic carbocycles. The topological polar surface area (TPSA) is 41.9 Å². The number of aromatic nitrogens is 2. The van der Waals surface area contributed by atoms with Crippen LogP contribution in [-0.4, -0.2) is 14.9 Å². The van der Waals surface area contributed by atoms with Gasteiger partial charge in [-0.2, -0.15) is 18.3 Å². The van der Waals surface area contributed by atoms with E-state index in [1.807, 2.05) is 45.0 Å². The predicted molar refractivity (Wildman–Crippen MR) is 113 cm³/mol. The molecule has 0 aliphatic heterocycles. The zero-order valence-electron chi connectivity index (χ0n) is 16.3. The molecule has 152 valence electrons. The molecule has 0 saturated heterocycles. The predicted octanol–water partition coefficient (Wildman–Crippen LogP) is 5.68. The van der Waals surface area contributed by atoms with Crippen LogP contribution in [0, 0.1) is 20.8 Å². The molecule has 0 radical (unpaired) electrons. The van der Waals surface area contributed by atoms with Gasteiger partial charge in [0.05, 0.1) is 29.2 Å². The lowest BCUT2D eigenvalue weighted by molar-refractivity contribution is -0.137. The SMILES string of the molecule is Cc1ccccc1NC(=S)Nc1c(C)nn(Cc2cccc(C(F)(F)F)c2)c1C.